The van der Waals surface area contributed by atoms with E-state index in [9.17, 15) is 4.79 Å². The summed E-state index contributed by atoms with van der Waals surface area (Å²) in [6.45, 7) is 2.66. The molecule has 2 atom stereocenters. The fourth-order valence-electron chi connectivity index (χ4n) is 2.45. The number of piperidine rings is 1. The molecule has 5 heteroatoms. The van der Waals surface area contributed by atoms with Crippen LogP contribution in [0, 0.1) is 0 Å². The van der Waals surface area contributed by atoms with Crippen molar-refractivity contribution >= 4 is 18.3 Å². The summed E-state index contributed by atoms with van der Waals surface area (Å²) in [7, 11) is 1.73. The fraction of sp³-hybridized carbons (Fsp3) is 0.909. The van der Waals surface area contributed by atoms with Crippen molar-refractivity contribution in [2.75, 3.05) is 26.7 Å². The highest BCUT2D eigenvalue weighted by Crippen LogP contribution is 2.16. The average Bonchev–Trinajstić information content (AvgIpc) is 2.81. The molecule has 2 saturated heterocycles. The lowest BCUT2D eigenvalue weighted by atomic mass is 10.1. The standard InChI is InChI=1S/C11H20N2O2.ClH/c1-15-9-4-3-7-13(8-9)11(14)10-5-2-6-12-10;/h9-10,12H,2-8H2,1H3;1H. The first kappa shape index (κ1) is 13.7. The number of nitrogens with zero attached hydrogens (tertiary/aromatic N) is 1. The first-order valence-corrected chi connectivity index (χ1v) is 5.86. The number of hydrogen-bond acceptors (Lipinski definition) is 3. The van der Waals surface area contributed by atoms with Gasteiger partial charge in [-0.1, -0.05) is 0 Å². The predicted molar refractivity (Wildman–Crippen MR) is 64.9 cm³/mol. The van der Waals surface area contributed by atoms with Gasteiger partial charge in [-0.2, -0.15) is 0 Å². The number of hydrogen-bond donors (Lipinski definition) is 1. The third-order valence-electron chi connectivity index (χ3n) is 3.38. The molecule has 0 aliphatic carbocycles. The van der Waals surface area contributed by atoms with Crippen molar-refractivity contribution in [3.8, 4) is 0 Å². The number of ether oxygens (including phenoxy) is 1. The van der Waals surface area contributed by atoms with Crippen LogP contribution in [0.1, 0.15) is 25.7 Å². The van der Waals surface area contributed by atoms with Crippen LogP contribution in [-0.2, 0) is 9.53 Å². The maximum atomic E-state index is 12.1. The van der Waals surface area contributed by atoms with Crippen molar-refractivity contribution < 1.29 is 9.53 Å². The fourth-order valence-corrected chi connectivity index (χ4v) is 2.45. The highest BCUT2D eigenvalue weighted by Gasteiger charge is 2.30. The van der Waals surface area contributed by atoms with E-state index in [0.717, 1.165) is 45.3 Å². The summed E-state index contributed by atoms with van der Waals surface area (Å²) < 4.78 is 5.32. The summed E-state index contributed by atoms with van der Waals surface area (Å²) in [6.07, 6.45) is 4.50. The summed E-state index contributed by atoms with van der Waals surface area (Å²) in [5.74, 6) is 0.272. The van der Waals surface area contributed by atoms with Gasteiger partial charge in [-0.15, -0.1) is 12.4 Å². The molecule has 0 aromatic carbocycles. The van der Waals surface area contributed by atoms with Gasteiger partial charge in [-0.3, -0.25) is 4.79 Å². The zero-order valence-corrected chi connectivity index (χ0v) is 10.6. The molecule has 2 aliphatic rings. The number of amides is 1. The maximum Gasteiger partial charge on any atom is 0.239 e. The van der Waals surface area contributed by atoms with Gasteiger partial charge in [0, 0.05) is 20.2 Å². The van der Waals surface area contributed by atoms with E-state index in [1.165, 1.54) is 0 Å². The molecule has 1 amide bonds. The van der Waals surface area contributed by atoms with E-state index in [1.54, 1.807) is 7.11 Å². The molecule has 4 nitrogen and oxygen atoms in total. The largest absolute Gasteiger partial charge is 0.380 e. The molecule has 0 aromatic rings. The van der Waals surface area contributed by atoms with Crippen molar-refractivity contribution in [2.45, 2.75) is 37.8 Å². The van der Waals surface area contributed by atoms with Crippen LogP contribution < -0.4 is 5.32 Å². The molecular formula is C11H21ClN2O2. The number of carbonyl (C=O) groups excluding carboxylic acids is 1. The molecule has 1 N–H and O–H groups in total. The normalized spacial score (nSPS) is 29.9. The smallest absolute Gasteiger partial charge is 0.239 e. The van der Waals surface area contributed by atoms with Crippen LogP contribution >= 0.6 is 12.4 Å². The quantitative estimate of drug-likeness (QED) is 0.786. The molecule has 0 radical (unpaired) electrons. The maximum absolute atomic E-state index is 12.1. The van der Waals surface area contributed by atoms with Crippen LogP contribution in [-0.4, -0.2) is 49.7 Å². The molecule has 0 saturated carbocycles. The number of likely N-dealkylation sites (tertiary alicyclic amines) is 1. The molecule has 2 heterocycles. The van der Waals surface area contributed by atoms with Crippen LogP contribution in [0.15, 0.2) is 0 Å². The number of carbonyl (C=O) groups is 1. The van der Waals surface area contributed by atoms with Gasteiger partial charge in [0.05, 0.1) is 12.1 Å². The number of rotatable bonds is 2. The second-order valence-corrected chi connectivity index (χ2v) is 4.43. The van der Waals surface area contributed by atoms with E-state index in [2.05, 4.69) is 5.32 Å². The van der Waals surface area contributed by atoms with Crippen LogP contribution in [0.3, 0.4) is 0 Å². The van der Waals surface area contributed by atoms with Crippen LogP contribution in [0.5, 0.6) is 0 Å². The molecule has 0 bridgehead atoms. The summed E-state index contributed by atoms with van der Waals surface area (Å²) >= 11 is 0. The second-order valence-electron chi connectivity index (χ2n) is 4.43. The first-order chi connectivity index (χ1) is 7.31. The third kappa shape index (κ3) is 3.09. The van der Waals surface area contributed by atoms with E-state index in [-0.39, 0.29) is 30.5 Å². The molecular weight excluding hydrogens is 228 g/mol. The van der Waals surface area contributed by atoms with Crippen molar-refractivity contribution in [1.29, 1.82) is 0 Å². The van der Waals surface area contributed by atoms with Gasteiger partial charge in [0.1, 0.15) is 0 Å². The Balaban J connectivity index is 0.00000128. The van der Waals surface area contributed by atoms with Gasteiger partial charge in [-0.25, -0.2) is 0 Å². The Morgan fingerprint density at radius 2 is 2.19 bits per heavy atom. The van der Waals surface area contributed by atoms with Gasteiger partial charge in [0.15, 0.2) is 0 Å². The minimum Gasteiger partial charge on any atom is -0.380 e. The van der Waals surface area contributed by atoms with Gasteiger partial charge in [-0.05, 0) is 32.2 Å². The Kier molecular flexibility index (Phi) is 5.52. The van der Waals surface area contributed by atoms with E-state index < -0.39 is 0 Å². The molecule has 2 rings (SSSR count). The van der Waals surface area contributed by atoms with E-state index in [1.807, 2.05) is 4.90 Å². The molecule has 2 fully saturated rings. The lowest BCUT2D eigenvalue weighted by Gasteiger charge is -2.33. The Morgan fingerprint density at radius 1 is 1.38 bits per heavy atom. The predicted octanol–water partition coefficient (Wildman–Crippen LogP) is 0.798. The lowest BCUT2D eigenvalue weighted by Crippen LogP contribution is -2.49. The highest BCUT2D eigenvalue weighted by atomic mass is 35.5. The minimum absolute atomic E-state index is 0. The first-order valence-electron chi connectivity index (χ1n) is 5.86. The molecule has 2 aliphatic heterocycles. The number of nitrogens with one attached hydrogen (secondary N) is 1. The topological polar surface area (TPSA) is 41.6 Å². The summed E-state index contributed by atoms with van der Waals surface area (Å²) in [5.41, 5.74) is 0. The van der Waals surface area contributed by atoms with Gasteiger partial charge >= 0.3 is 0 Å². The molecule has 0 aromatic heterocycles. The lowest BCUT2D eigenvalue weighted by molar-refractivity contribution is -0.136. The Labute approximate surface area is 103 Å². The Bertz CT molecular complexity index is 232. The summed E-state index contributed by atoms with van der Waals surface area (Å²) in [5, 5.41) is 3.25. The minimum atomic E-state index is 0. The van der Waals surface area contributed by atoms with Gasteiger partial charge < -0.3 is 15.0 Å². The monoisotopic (exact) mass is 248 g/mol. The molecule has 0 spiro atoms. The van der Waals surface area contributed by atoms with E-state index in [0.29, 0.717) is 0 Å². The Morgan fingerprint density at radius 3 is 2.81 bits per heavy atom. The van der Waals surface area contributed by atoms with Crippen LogP contribution in [0.4, 0.5) is 0 Å². The van der Waals surface area contributed by atoms with Crippen LogP contribution in [0.2, 0.25) is 0 Å². The number of methoxy groups -OCH3 is 1. The zero-order chi connectivity index (χ0) is 10.7. The highest BCUT2D eigenvalue weighted by molar-refractivity contribution is 5.85. The molecule has 2 unspecified atom stereocenters. The van der Waals surface area contributed by atoms with Crippen LogP contribution in [0.25, 0.3) is 0 Å². The zero-order valence-electron chi connectivity index (χ0n) is 9.78. The third-order valence-corrected chi connectivity index (χ3v) is 3.38. The Hall–Kier alpha value is -0.320. The van der Waals surface area contributed by atoms with Gasteiger partial charge in [0.25, 0.3) is 0 Å². The van der Waals surface area contributed by atoms with Crippen molar-refractivity contribution in [1.82, 2.24) is 10.2 Å². The van der Waals surface area contributed by atoms with Crippen molar-refractivity contribution in [2.24, 2.45) is 0 Å². The van der Waals surface area contributed by atoms with Gasteiger partial charge in [0.2, 0.25) is 5.91 Å². The molecule has 94 valence electrons. The summed E-state index contributed by atoms with van der Waals surface area (Å²) in [6, 6.07) is 0.0700. The molecule has 16 heavy (non-hydrogen) atoms. The van der Waals surface area contributed by atoms with E-state index in [4.69, 9.17) is 4.74 Å². The van der Waals surface area contributed by atoms with E-state index >= 15 is 0 Å². The van der Waals surface area contributed by atoms with Crippen molar-refractivity contribution in [3.05, 3.63) is 0 Å². The second kappa shape index (κ2) is 6.42. The number of halogens is 1. The average molecular weight is 249 g/mol. The van der Waals surface area contributed by atoms with Crippen molar-refractivity contribution in [3.63, 3.8) is 0 Å². The summed E-state index contributed by atoms with van der Waals surface area (Å²) in [4.78, 5) is 14.0. The SMILES string of the molecule is COC1CCCN(C(=O)C2CCCN2)C1.Cl.